The summed E-state index contributed by atoms with van der Waals surface area (Å²) >= 11 is 0. The molecule has 3 nitrogen and oxygen atoms in total. The van der Waals surface area contributed by atoms with Gasteiger partial charge in [0, 0.05) is 12.5 Å². The molecular formula is C10H12O3. The van der Waals surface area contributed by atoms with Gasteiger partial charge in [-0.3, -0.25) is 4.79 Å². The molecule has 1 N–H and O–H groups in total. The van der Waals surface area contributed by atoms with E-state index in [-0.39, 0.29) is 11.5 Å². The van der Waals surface area contributed by atoms with Gasteiger partial charge in [-0.15, -0.1) is 0 Å². The van der Waals surface area contributed by atoms with Crippen molar-refractivity contribution < 1.29 is 14.6 Å². The van der Waals surface area contributed by atoms with Gasteiger partial charge in [-0.25, -0.2) is 0 Å². The maximum absolute atomic E-state index is 11.3. The van der Waals surface area contributed by atoms with Crippen molar-refractivity contribution in [2.45, 2.75) is 13.3 Å². The first-order valence-corrected chi connectivity index (χ1v) is 4.09. The molecule has 0 fully saturated rings. The van der Waals surface area contributed by atoms with E-state index in [2.05, 4.69) is 0 Å². The summed E-state index contributed by atoms with van der Waals surface area (Å²) in [6.45, 7) is 1.79. The van der Waals surface area contributed by atoms with Crippen molar-refractivity contribution in [2.75, 3.05) is 7.11 Å². The molecule has 1 aromatic rings. The minimum Gasteiger partial charge on any atom is -0.508 e. The average molecular weight is 180 g/mol. The number of Topliss-reactive ketones (excluding diaryl/α,β-unsaturated/α-hetero) is 1. The third-order valence-electron chi connectivity index (χ3n) is 1.81. The summed E-state index contributed by atoms with van der Waals surface area (Å²) in [7, 11) is 1.47. The number of hydrogen-bond donors (Lipinski definition) is 1. The van der Waals surface area contributed by atoms with Crippen molar-refractivity contribution >= 4 is 5.78 Å². The van der Waals surface area contributed by atoms with Crippen LogP contribution in [0.1, 0.15) is 23.7 Å². The third-order valence-corrected chi connectivity index (χ3v) is 1.81. The first-order chi connectivity index (χ1) is 6.19. The second-order valence-electron chi connectivity index (χ2n) is 2.66. The number of phenolic OH excluding ortho intramolecular Hbond substituents is 1. The van der Waals surface area contributed by atoms with E-state index in [0.29, 0.717) is 17.7 Å². The van der Waals surface area contributed by atoms with Crippen LogP contribution in [0.5, 0.6) is 11.5 Å². The Kier molecular flexibility index (Phi) is 2.90. The van der Waals surface area contributed by atoms with Gasteiger partial charge in [-0.05, 0) is 12.1 Å². The maximum atomic E-state index is 11.3. The van der Waals surface area contributed by atoms with E-state index in [4.69, 9.17) is 9.84 Å². The predicted octanol–water partition coefficient (Wildman–Crippen LogP) is 1.99. The second-order valence-corrected chi connectivity index (χ2v) is 2.66. The van der Waals surface area contributed by atoms with Crippen LogP contribution in [0.4, 0.5) is 0 Å². The van der Waals surface area contributed by atoms with E-state index in [1.54, 1.807) is 13.0 Å². The summed E-state index contributed by atoms with van der Waals surface area (Å²) < 4.78 is 4.97. The molecule has 0 heterocycles. The van der Waals surface area contributed by atoms with Gasteiger partial charge in [0.1, 0.15) is 11.5 Å². The minimum atomic E-state index is 0.0110. The summed E-state index contributed by atoms with van der Waals surface area (Å²) in [6, 6.07) is 4.48. The van der Waals surface area contributed by atoms with Crippen molar-refractivity contribution in [3.05, 3.63) is 23.8 Å². The predicted molar refractivity (Wildman–Crippen MR) is 49.3 cm³/mol. The third kappa shape index (κ3) is 1.99. The number of phenols is 1. The van der Waals surface area contributed by atoms with E-state index >= 15 is 0 Å². The van der Waals surface area contributed by atoms with Gasteiger partial charge >= 0.3 is 0 Å². The van der Waals surface area contributed by atoms with Gasteiger partial charge in [-0.2, -0.15) is 0 Å². The highest BCUT2D eigenvalue weighted by molar-refractivity contribution is 5.98. The van der Waals surface area contributed by atoms with Crippen LogP contribution in [0.3, 0.4) is 0 Å². The number of hydrogen-bond acceptors (Lipinski definition) is 3. The first-order valence-electron chi connectivity index (χ1n) is 4.09. The first kappa shape index (κ1) is 9.58. The molecule has 0 saturated heterocycles. The summed E-state index contributed by atoms with van der Waals surface area (Å²) in [6.07, 6.45) is 0.432. The van der Waals surface area contributed by atoms with Crippen LogP contribution < -0.4 is 4.74 Å². The van der Waals surface area contributed by atoms with Gasteiger partial charge in [-0.1, -0.05) is 6.92 Å². The molecule has 1 rings (SSSR count). The van der Waals surface area contributed by atoms with Gasteiger partial charge in [0.2, 0.25) is 0 Å². The Morgan fingerprint density at radius 1 is 1.54 bits per heavy atom. The van der Waals surface area contributed by atoms with Crippen LogP contribution in [0.25, 0.3) is 0 Å². The maximum Gasteiger partial charge on any atom is 0.166 e. The molecule has 0 aliphatic rings. The zero-order valence-corrected chi connectivity index (χ0v) is 7.70. The van der Waals surface area contributed by atoms with E-state index in [1.165, 1.54) is 19.2 Å². The number of rotatable bonds is 3. The summed E-state index contributed by atoms with van der Waals surface area (Å²) in [5.74, 6) is 0.535. The van der Waals surface area contributed by atoms with Crippen molar-refractivity contribution in [3.63, 3.8) is 0 Å². The molecule has 0 bridgehead atoms. The normalized spacial score (nSPS) is 9.69. The number of methoxy groups -OCH3 is 1. The highest BCUT2D eigenvalue weighted by Crippen LogP contribution is 2.24. The van der Waals surface area contributed by atoms with E-state index in [0.717, 1.165) is 0 Å². The molecule has 0 radical (unpaired) electrons. The zero-order valence-electron chi connectivity index (χ0n) is 7.70. The molecule has 0 aliphatic heterocycles. The largest absolute Gasteiger partial charge is 0.508 e. The molecule has 0 atom stereocenters. The highest BCUT2D eigenvalue weighted by Gasteiger charge is 2.10. The number of ether oxygens (including phenoxy) is 1. The molecule has 0 spiro atoms. The van der Waals surface area contributed by atoms with Gasteiger partial charge < -0.3 is 9.84 Å². The fourth-order valence-corrected chi connectivity index (χ4v) is 1.10. The number of benzene rings is 1. The van der Waals surface area contributed by atoms with E-state index in [9.17, 15) is 4.79 Å². The molecule has 1 aromatic carbocycles. The fourth-order valence-electron chi connectivity index (χ4n) is 1.10. The lowest BCUT2D eigenvalue weighted by atomic mass is 10.1. The number of aromatic hydroxyl groups is 1. The van der Waals surface area contributed by atoms with Crippen molar-refractivity contribution in [1.29, 1.82) is 0 Å². The van der Waals surface area contributed by atoms with Crippen LogP contribution in [0.15, 0.2) is 18.2 Å². The number of carbonyl (C=O) groups excluding carboxylic acids is 1. The Morgan fingerprint density at radius 2 is 2.23 bits per heavy atom. The molecule has 0 amide bonds. The van der Waals surface area contributed by atoms with Crippen LogP contribution in [-0.4, -0.2) is 18.0 Å². The van der Waals surface area contributed by atoms with Crippen molar-refractivity contribution in [2.24, 2.45) is 0 Å². The Balaban J connectivity index is 3.13. The molecule has 3 heteroatoms. The minimum absolute atomic E-state index is 0.0110. The van der Waals surface area contributed by atoms with E-state index < -0.39 is 0 Å². The van der Waals surface area contributed by atoms with Crippen LogP contribution in [0, 0.1) is 0 Å². The lowest BCUT2D eigenvalue weighted by molar-refractivity contribution is 0.0985. The molecule has 0 unspecified atom stereocenters. The van der Waals surface area contributed by atoms with Gasteiger partial charge in [0.05, 0.1) is 12.7 Å². The zero-order chi connectivity index (χ0) is 9.84. The van der Waals surface area contributed by atoms with E-state index in [1.807, 2.05) is 0 Å². The molecule has 70 valence electrons. The Hall–Kier alpha value is -1.51. The van der Waals surface area contributed by atoms with Crippen LogP contribution in [-0.2, 0) is 0 Å². The topological polar surface area (TPSA) is 46.5 Å². The molecule has 13 heavy (non-hydrogen) atoms. The summed E-state index contributed by atoms with van der Waals surface area (Å²) in [5.41, 5.74) is 0.516. The average Bonchev–Trinajstić information content (AvgIpc) is 2.16. The number of ketones is 1. The SMILES string of the molecule is CCC(=O)c1ccc(O)cc1OC. The van der Waals surface area contributed by atoms with Crippen LogP contribution >= 0.6 is 0 Å². The highest BCUT2D eigenvalue weighted by atomic mass is 16.5. The molecular weight excluding hydrogens is 168 g/mol. The lowest BCUT2D eigenvalue weighted by Crippen LogP contribution is -1.99. The standard InChI is InChI=1S/C10H12O3/c1-3-9(12)8-5-4-7(11)6-10(8)13-2/h4-6,11H,3H2,1-2H3. The van der Waals surface area contributed by atoms with Crippen LogP contribution in [0.2, 0.25) is 0 Å². The Labute approximate surface area is 77.0 Å². The molecule has 0 aromatic heterocycles. The summed E-state index contributed by atoms with van der Waals surface area (Å²) in [5, 5.41) is 9.13. The Morgan fingerprint density at radius 3 is 2.77 bits per heavy atom. The second kappa shape index (κ2) is 3.94. The van der Waals surface area contributed by atoms with Gasteiger partial charge in [0.25, 0.3) is 0 Å². The van der Waals surface area contributed by atoms with Gasteiger partial charge in [0.15, 0.2) is 5.78 Å². The van der Waals surface area contributed by atoms with Crippen molar-refractivity contribution in [3.8, 4) is 11.5 Å². The quantitative estimate of drug-likeness (QED) is 0.723. The smallest absolute Gasteiger partial charge is 0.166 e. The monoisotopic (exact) mass is 180 g/mol. The Bertz CT molecular complexity index is 318. The summed E-state index contributed by atoms with van der Waals surface area (Å²) in [4.78, 5) is 11.3. The number of carbonyl (C=O) groups is 1. The molecule has 0 saturated carbocycles. The molecule has 0 aliphatic carbocycles. The van der Waals surface area contributed by atoms with Crippen molar-refractivity contribution in [1.82, 2.24) is 0 Å². The lowest BCUT2D eigenvalue weighted by Gasteiger charge is -2.06. The fraction of sp³-hybridized carbons (Fsp3) is 0.300.